The van der Waals surface area contributed by atoms with E-state index in [0.717, 1.165) is 44.3 Å². The highest BCUT2D eigenvalue weighted by molar-refractivity contribution is 7.25. The maximum Gasteiger partial charge on any atom is 0.123 e. The maximum absolute atomic E-state index is 13.3. The number of rotatable bonds is 3. The first kappa shape index (κ1) is 21.0. The summed E-state index contributed by atoms with van der Waals surface area (Å²) in [6.07, 6.45) is 1.96. The van der Waals surface area contributed by atoms with E-state index in [2.05, 4.69) is 91.0 Å². The summed E-state index contributed by atoms with van der Waals surface area (Å²) in [7, 11) is 0. The fourth-order valence-corrected chi connectivity index (χ4v) is 5.95. The van der Waals surface area contributed by atoms with Gasteiger partial charge in [-0.3, -0.25) is 4.98 Å². The van der Waals surface area contributed by atoms with Crippen molar-refractivity contribution >= 4 is 42.3 Å². The summed E-state index contributed by atoms with van der Waals surface area (Å²) in [6.45, 7) is 0. The Bertz CT molecular complexity index is 1880. The molecular formula is C33H20FNS. The number of fused-ring (bicyclic) bond motifs is 4. The van der Waals surface area contributed by atoms with Gasteiger partial charge in [-0.25, -0.2) is 4.39 Å². The van der Waals surface area contributed by atoms with Crippen molar-refractivity contribution in [2.45, 2.75) is 0 Å². The Balaban J connectivity index is 1.20. The van der Waals surface area contributed by atoms with E-state index in [-0.39, 0.29) is 5.82 Å². The topological polar surface area (TPSA) is 12.9 Å². The van der Waals surface area contributed by atoms with Gasteiger partial charge >= 0.3 is 0 Å². The average Bonchev–Trinajstić information content (AvgIpc) is 3.31. The molecule has 5 aromatic carbocycles. The van der Waals surface area contributed by atoms with E-state index in [4.69, 9.17) is 4.98 Å². The quantitative estimate of drug-likeness (QED) is 0.245. The zero-order valence-electron chi connectivity index (χ0n) is 19.3. The molecular weight excluding hydrogens is 461 g/mol. The highest BCUT2D eigenvalue weighted by Gasteiger charge is 2.08. The molecule has 170 valence electrons. The second-order valence-corrected chi connectivity index (χ2v) is 10.1. The fraction of sp³-hybridized carbons (Fsp3) is 0. The Kier molecular flexibility index (Phi) is 4.90. The molecule has 0 saturated heterocycles. The van der Waals surface area contributed by atoms with Crippen LogP contribution in [0.3, 0.4) is 0 Å². The van der Waals surface area contributed by atoms with Gasteiger partial charge in [-0.2, -0.15) is 0 Å². The van der Waals surface area contributed by atoms with E-state index in [1.165, 1.54) is 32.3 Å². The van der Waals surface area contributed by atoms with Crippen LogP contribution in [0, 0.1) is 5.82 Å². The summed E-state index contributed by atoms with van der Waals surface area (Å²) in [5, 5.41) is 4.90. The predicted molar refractivity (Wildman–Crippen MR) is 151 cm³/mol. The fourth-order valence-electron chi connectivity index (χ4n) is 4.87. The van der Waals surface area contributed by atoms with E-state index >= 15 is 0 Å². The van der Waals surface area contributed by atoms with E-state index in [9.17, 15) is 4.39 Å². The van der Waals surface area contributed by atoms with Gasteiger partial charge in [-0.15, -0.1) is 11.3 Å². The number of aromatic nitrogens is 1. The summed E-state index contributed by atoms with van der Waals surface area (Å²) in [4.78, 5) is 4.81. The molecule has 0 fully saturated rings. The standard InChI is InChI=1S/C33H20FNS/c34-28-13-9-21(10-14-28)22-5-6-24-18-25(8-7-23(24)17-22)27-11-15-31(35-20-27)26-12-16-33-30(19-26)29-3-1-2-4-32(29)36-33/h1-20H. The Labute approximate surface area is 212 Å². The number of pyridine rings is 1. The molecule has 0 aliphatic carbocycles. The second-order valence-electron chi connectivity index (χ2n) is 9.02. The first-order chi connectivity index (χ1) is 17.7. The van der Waals surface area contributed by atoms with Gasteiger partial charge in [0.05, 0.1) is 5.69 Å². The molecule has 36 heavy (non-hydrogen) atoms. The molecule has 2 aromatic heterocycles. The molecule has 0 N–H and O–H groups in total. The minimum atomic E-state index is -0.218. The molecule has 0 aliphatic heterocycles. The van der Waals surface area contributed by atoms with Crippen LogP contribution in [0.25, 0.3) is 64.5 Å². The maximum atomic E-state index is 13.3. The zero-order chi connectivity index (χ0) is 24.1. The molecule has 1 nitrogen and oxygen atoms in total. The lowest BCUT2D eigenvalue weighted by Crippen LogP contribution is -1.86. The molecule has 0 radical (unpaired) electrons. The summed E-state index contributed by atoms with van der Waals surface area (Å²) >= 11 is 1.83. The minimum Gasteiger partial charge on any atom is -0.256 e. The number of nitrogens with zero attached hydrogens (tertiary/aromatic N) is 1. The molecule has 0 atom stereocenters. The Hall–Kier alpha value is -4.34. The van der Waals surface area contributed by atoms with Crippen molar-refractivity contribution < 1.29 is 4.39 Å². The first-order valence-corrected chi connectivity index (χ1v) is 12.7. The van der Waals surface area contributed by atoms with Crippen molar-refractivity contribution in [3.8, 4) is 33.5 Å². The number of halogens is 1. The lowest BCUT2D eigenvalue weighted by atomic mass is 9.98. The van der Waals surface area contributed by atoms with E-state index in [1.54, 1.807) is 0 Å². The Morgan fingerprint density at radius 3 is 1.89 bits per heavy atom. The van der Waals surface area contributed by atoms with Crippen LogP contribution in [0.5, 0.6) is 0 Å². The summed E-state index contributed by atoms with van der Waals surface area (Å²) in [5.41, 5.74) is 6.42. The third-order valence-electron chi connectivity index (χ3n) is 6.79. The van der Waals surface area contributed by atoms with Gasteiger partial charge in [0.25, 0.3) is 0 Å². The van der Waals surface area contributed by atoms with Crippen molar-refractivity contribution in [2.75, 3.05) is 0 Å². The molecule has 0 amide bonds. The van der Waals surface area contributed by atoms with Crippen molar-refractivity contribution in [3.05, 3.63) is 127 Å². The van der Waals surface area contributed by atoms with Crippen LogP contribution >= 0.6 is 11.3 Å². The van der Waals surface area contributed by atoms with Gasteiger partial charge in [-0.05, 0) is 76.0 Å². The first-order valence-electron chi connectivity index (χ1n) is 11.9. The third-order valence-corrected chi connectivity index (χ3v) is 7.94. The van der Waals surface area contributed by atoms with E-state index in [1.807, 2.05) is 29.7 Å². The van der Waals surface area contributed by atoms with Crippen LogP contribution in [0.1, 0.15) is 0 Å². The molecule has 0 aliphatic rings. The van der Waals surface area contributed by atoms with Crippen molar-refractivity contribution in [1.29, 1.82) is 0 Å². The van der Waals surface area contributed by atoms with Crippen molar-refractivity contribution in [2.24, 2.45) is 0 Å². The van der Waals surface area contributed by atoms with Crippen molar-refractivity contribution in [1.82, 2.24) is 4.98 Å². The van der Waals surface area contributed by atoms with Gasteiger partial charge in [0.1, 0.15) is 5.82 Å². The van der Waals surface area contributed by atoms with Crippen LogP contribution in [0.4, 0.5) is 4.39 Å². The average molecular weight is 482 g/mol. The van der Waals surface area contributed by atoms with E-state index < -0.39 is 0 Å². The Morgan fingerprint density at radius 1 is 0.500 bits per heavy atom. The molecule has 7 aromatic rings. The number of thiophene rings is 1. The number of benzene rings is 5. The molecule has 0 bridgehead atoms. The van der Waals surface area contributed by atoms with Crippen LogP contribution < -0.4 is 0 Å². The SMILES string of the molecule is Fc1ccc(-c2ccc3cc(-c4ccc(-c5ccc6sc7ccccc7c6c5)nc4)ccc3c2)cc1. The minimum absolute atomic E-state index is 0.218. The van der Waals surface area contributed by atoms with Gasteiger partial charge in [-0.1, -0.05) is 66.7 Å². The van der Waals surface area contributed by atoms with Gasteiger partial charge < -0.3 is 0 Å². The van der Waals surface area contributed by atoms with Crippen LogP contribution in [-0.4, -0.2) is 4.98 Å². The molecule has 7 rings (SSSR count). The largest absolute Gasteiger partial charge is 0.256 e. The lowest BCUT2D eigenvalue weighted by molar-refractivity contribution is 0.628. The molecule has 0 saturated carbocycles. The van der Waals surface area contributed by atoms with Crippen LogP contribution in [0.15, 0.2) is 121 Å². The monoisotopic (exact) mass is 481 g/mol. The normalized spacial score (nSPS) is 11.5. The highest BCUT2D eigenvalue weighted by Crippen LogP contribution is 2.36. The summed E-state index contributed by atoms with van der Waals surface area (Å²) < 4.78 is 15.9. The van der Waals surface area contributed by atoms with Gasteiger partial charge in [0, 0.05) is 37.5 Å². The summed E-state index contributed by atoms with van der Waals surface area (Å²) in [5.74, 6) is -0.218. The molecule has 3 heteroatoms. The number of hydrogen-bond acceptors (Lipinski definition) is 2. The molecule has 2 heterocycles. The zero-order valence-corrected chi connectivity index (χ0v) is 20.1. The lowest BCUT2D eigenvalue weighted by Gasteiger charge is -2.08. The van der Waals surface area contributed by atoms with Crippen molar-refractivity contribution in [3.63, 3.8) is 0 Å². The second kappa shape index (κ2) is 8.40. The molecule has 0 spiro atoms. The van der Waals surface area contributed by atoms with Crippen LogP contribution in [0.2, 0.25) is 0 Å². The van der Waals surface area contributed by atoms with Gasteiger partial charge in [0.2, 0.25) is 0 Å². The van der Waals surface area contributed by atoms with Crippen LogP contribution in [-0.2, 0) is 0 Å². The van der Waals surface area contributed by atoms with Gasteiger partial charge in [0.15, 0.2) is 0 Å². The molecule has 0 unspecified atom stereocenters. The highest BCUT2D eigenvalue weighted by atomic mass is 32.1. The third kappa shape index (κ3) is 3.65. The smallest absolute Gasteiger partial charge is 0.123 e. The summed E-state index contributed by atoms with van der Waals surface area (Å²) in [6, 6.07) is 38.9. The Morgan fingerprint density at radius 2 is 1.14 bits per heavy atom. The number of hydrogen-bond donors (Lipinski definition) is 0. The van der Waals surface area contributed by atoms with E-state index in [0.29, 0.717) is 0 Å². The predicted octanol–water partition coefficient (Wildman–Crippen LogP) is 9.74.